The number of aromatic nitrogens is 1. The van der Waals surface area contributed by atoms with Gasteiger partial charge in [0.25, 0.3) is 0 Å². The van der Waals surface area contributed by atoms with Crippen molar-refractivity contribution < 1.29 is 9.53 Å². The summed E-state index contributed by atoms with van der Waals surface area (Å²) in [4.78, 5) is 21.3. The van der Waals surface area contributed by atoms with E-state index in [0.717, 1.165) is 56.2 Å². The minimum absolute atomic E-state index is 0.120. The summed E-state index contributed by atoms with van der Waals surface area (Å²) in [6.45, 7) is 8.42. The largest absolute Gasteiger partial charge is 0.497 e. The molecule has 0 bridgehead atoms. The van der Waals surface area contributed by atoms with Crippen molar-refractivity contribution in [3.8, 4) is 5.75 Å². The highest BCUT2D eigenvalue weighted by Crippen LogP contribution is 2.22. The highest BCUT2D eigenvalue weighted by atomic mass is 16.5. The summed E-state index contributed by atoms with van der Waals surface area (Å²) < 4.78 is 5.22. The third kappa shape index (κ3) is 5.78. The first-order valence-electron chi connectivity index (χ1n) is 10.8. The lowest BCUT2D eigenvalue weighted by atomic mass is 10.0. The zero-order valence-electron chi connectivity index (χ0n) is 18.2. The van der Waals surface area contributed by atoms with Gasteiger partial charge in [-0.05, 0) is 62.6 Å². The molecule has 2 N–H and O–H groups in total. The molecule has 2 aromatic rings. The quantitative estimate of drug-likeness (QED) is 0.697. The van der Waals surface area contributed by atoms with Gasteiger partial charge in [0.15, 0.2) is 0 Å². The molecule has 162 valence electrons. The Kier molecular flexibility index (Phi) is 7.76. The highest BCUT2D eigenvalue weighted by molar-refractivity contribution is 5.74. The Labute approximate surface area is 179 Å². The van der Waals surface area contributed by atoms with Crippen molar-refractivity contribution in [1.82, 2.24) is 15.6 Å². The van der Waals surface area contributed by atoms with Crippen LogP contribution in [0.2, 0.25) is 0 Å². The van der Waals surface area contributed by atoms with Crippen molar-refractivity contribution in [3.05, 3.63) is 48.2 Å². The van der Waals surface area contributed by atoms with Crippen molar-refractivity contribution in [2.24, 2.45) is 0 Å². The second-order valence-electron chi connectivity index (χ2n) is 7.48. The van der Waals surface area contributed by atoms with Crippen LogP contribution in [0, 0.1) is 0 Å². The van der Waals surface area contributed by atoms with Crippen LogP contribution in [0.15, 0.2) is 42.6 Å². The third-order valence-electron chi connectivity index (χ3n) is 5.62. The van der Waals surface area contributed by atoms with E-state index in [1.807, 2.05) is 30.5 Å². The topological polar surface area (TPSA) is 69.7 Å². The van der Waals surface area contributed by atoms with Crippen molar-refractivity contribution >= 4 is 17.5 Å². The van der Waals surface area contributed by atoms with Gasteiger partial charge in [0.1, 0.15) is 11.6 Å². The van der Waals surface area contributed by atoms with Gasteiger partial charge in [-0.1, -0.05) is 6.07 Å². The molecule has 0 saturated carbocycles. The number of hydrogen-bond acceptors (Lipinski definition) is 5. The van der Waals surface area contributed by atoms with Crippen molar-refractivity contribution in [1.29, 1.82) is 0 Å². The fraction of sp³-hybridized carbons (Fsp3) is 0.478. The molecule has 1 fully saturated rings. The summed E-state index contributed by atoms with van der Waals surface area (Å²) in [5.74, 6) is 1.83. The number of nitrogens with zero attached hydrogens (tertiary/aromatic N) is 3. The maximum atomic E-state index is 12.3. The van der Waals surface area contributed by atoms with E-state index < -0.39 is 0 Å². The number of benzene rings is 1. The Balaban J connectivity index is 1.40. The van der Waals surface area contributed by atoms with Gasteiger partial charge in [-0.2, -0.15) is 0 Å². The maximum Gasteiger partial charge on any atom is 0.315 e. The van der Waals surface area contributed by atoms with Crippen LogP contribution >= 0.6 is 0 Å². The van der Waals surface area contributed by atoms with Gasteiger partial charge < -0.3 is 25.2 Å². The van der Waals surface area contributed by atoms with E-state index in [4.69, 9.17) is 4.74 Å². The Morgan fingerprint density at radius 3 is 2.40 bits per heavy atom. The van der Waals surface area contributed by atoms with Gasteiger partial charge in [-0.15, -0.1) is 0 Å². The highest BCUT2D eigenvalue weighted by Gasteiger charge is 2.21. The van der Waals surface area contributed by atoms with Gasteiger partial charge in [-0.25, -0.2) is 9.78 Å². The Morgan fingerprint density at radius 1 is 1.13 bits per heavy atom. The lowest BCUT2D eigenvalue weighted by Gasteiger charge is -2.34. The molecule has 7 heteroatoms. The number of methoxy groups -OCH3 is 1. The SMILES string of the molecule is CCN(CC)c1ccc(CNC(=O)NC2CCN(c3ccc(OC)cc3)CC2)cn1. The maximum absolute atomic E-state index is 12.3. The standard InChI is InChI=1S/C23H33N5O2/c1-4-27(5-2)22-11-6-18(16-24-22)17-25-23(29)26-19-12-14-28(15-13-19)20-7-9-21(30-3)10-8-20/h6-11,16,19H,4-5,12-15,17H2,1-3H3,(H2,25,26,29). The average Bonchev–Trinajstić information content (AvgIpc) is 2.80. The summed E-state index contributed by atoms with van der Waals surface area (Å²) in [5, 5.41) is 6.05. The third-order valence-corrected chi connectivity index (χ3v) is 5.62. The van der Waals surface area contributed by atoms with Gasteiger partial charge in [0.2, 0.25) is 0 Å². The summed E-state index contributed by atoms with van der Waals surface area (Å²) in [6, 6.07) is 12.2. The van der Waals surface area contributed by atoms with Gasteiger partial charge in [0.05, 0.1) is 7.11 Å². The molecule has 0 spiro atoms. The number of anilines is 2. The fourth-order valence-electron chi connectivity index (χ4n) is 3.75. The number of carbonyl (C=O) groups excluding carboxylic acids is 1. The normalized spacial score (nSPS) is 14.3. The predicted molar refractivity (Wildman–Crippen MR) is 121 cm³/mol. The zero-order chi connectivity index (χ0) is 21.3. The molecule has 30 heavy (non-hydrogen) atoms. The molecule has 1 saturated heterocycles. The lowest BCUT2D eigenvalue weighted by molar-refractivity contribution is 0.234. The molecule has 1 aliphatic heterocycles. The summed E-state index contributed by atoms with van der Waals surface area (Å²) in [5.41, 5.74) is 2.19. The molecule has 1 aromatic carbocycles. The Hall–Kier alpha value is -2.96. The van der Waals surface area contributed by atoms with E-state index >= 15 is 0 Å². The lowest BCUT2D eigenvalue weighted by Crippen LogP contribution is -2.47. The van der Waals surface area contributed by atoms with E-state index in [1.54, 1.807) is 7.11 Å². The zero-order valence-corrected chi connectivity index (χ0v) is 18.2. The predicted octanol–water partition coefficient (Wildman–Crippen LogP) is 3.40. The second-order valence-corrected chi connectivity index (χ2v) is 7.48. The molecular formula is C23H33N5O2. The Morgan fingerprint density at radius 2 is 1.83 bits per heavy atom. The van der Waals surface area contributed by atoms with Crippen LogP contribution in [-0.2, 0) is 6.54 Å². The van der Waals surface area contributed by atoms with E-state index in [-0.39, 0.29) is 12.1 Å². The van der Waals surface area contributed by atoms with E-state index in [2.05, 4.69) is 51.4 Å². The molecule has 1 aromatic heterocycles. The molecule has 2 heterocycles. The van der Waals surface area contributed by atoms with Crippen molar-refractivity contribution in [2.45, 2.75) is 39.3 Å². The number of urea groups is 1. The minimum atomic E-state index is -0.120. The van der Waals surface area contributed by atoms with Crippen LogP contribution in [-0.4, -0.2) is 50.3 Å². The summed E-state index contributed by atoms with van der Waals surface area (Å²) >= 11 is 0. The molecule has 1 aliphatic rings. The Bertz CT molecular complexity index is 782. The number of pyridine rings is 1. The first-order chi connectivity index (χ1) is 14.6. The van der Waals surface area contributed by atoms with E-state index in [1.165, 1.54) is 5.69 Å². The number of nitrogens with one attached hydrogen (secondary N) is 2. The smallest absolute Gasteiger partial charge is 0.315 e. The number of ether oxygens (including phenoxy) is 1. The van der Waals surface area contributed by atoms with Gasteiger partial charge in [0, 0.05) is 50.6 Å². The van der Waals surface area contributed by atoms with Crippen LogP contribution < -0.4 is 25.2 Å². The van der Waals surface area contributed by atoms with Crippen LogP contribution in [0.25, 0.3) is 0 Å². The monoisotopic (exact) mass is 411 g/mol. The number of amides is 2. The van der Waals surface area contributed by atoms with Crippen LogP contribution in [0.4, 0.5) is 16.3 Å². The van der Waals surface area contributed by atoms with Crippen LogP contribution in [0.5, 0.6) is 5.75 Å². The molecule has 0 atom stereocenters. The summed E-state index contributed by atoms with van der Waals surface area (Å²) in [7, 11) is 1.68. The molecule has 0 unspecified atom stereocenters. The molecule has 0 aliphatic carbocycles. The molecule has 7 nitrogen and oxygen atoms in total. The van der Waals surface area contributed by atoms with E-state index in [9.17, 15) is 4.79 Å². The first kappa shape index (κ1) is 21.7. The summed E-state index contributed by atoms with van der Waals surface area (Å²) in [6.07, 6.45) is 3.69. The molecule has 2 amide bonds. The number of piperidine rings is 1. The number of rotatable bonds is 8. The fourth-order valence-corrected chi connectivity index (χ4v) is 3.75. The minimum Gasteiger partial charge on any atom is -0.497 e. The first-order valence-corrected chi connectivity index (χ1v) is 10.8. The molecular weight excluding hydrogens is 378 g/mol. The molecule has 0 radical (unpaired) electrons. The number of carbonyl (C=O) groups is 1. The average molecular weight is 412 g/mol. The van der Waals surface area contributed by atoms with Gasteiger partial charge >= 0.3 is 6.03 Å². The van der Waals surface area contributed by atoms with Crippen molar-refractivity contribution in [3.63, 3.8) is 0 Å². The van der Waals surface area contributed by atoms with Crippen molar-refractivity contribution in [2.75, 3.05) is 43.1 Å². The second kappa shape index (κ2) is 10.7. The molecule has 3 rings (SSSR count). The van der Waals surface area contributed by atoms with Crippen LogP contribution in [0.1, 0.15) is 32.3 Å². The van der Waals surface area contributed by atoms with E-state index in [0.29, 0.717) is 6.54 Å². The van der Waals surface area contributed by atoms with Gasteiger partial charge in [-0.3, -0.25) is 0 Å². The van der Waals surface area contributed by atoms with Crippen LogP contribution in [0.3, 0.4) is 0 Å². The number of hydrogen-bond donors (Lipinski definition) is 2.